The summed E-state index contributed by atoms with van der Waals surface area (Å²) in [6.45, 7) is 1.10. The number of aromatic nitrogens is 1. The summed E-state index contributed by atoms with van der Waals surface area (Å²) in [5, 5.41) is 13.6. The van der Waals surface area contributed by atoms with E-state index in [1.165, 1.54) is 0 Å². The molecule has 1 aliphatic rings. The molecule has 126 valence electrons. The van der Waals surface area contributed by atoms with Crippen LogP contribution in [0.1, 0.15) is 18.4 Å². The van der Waals surface area contributed by atoms with Gasteiger partial charge in [-0.1, -0.05) is 18.2 Å². The molecule has 2 aromatic rings. The lowest BCUT2D eigenvalue weighted by Gasteiger charge is -2.30. The standard InChI is InChI=1S/C18H21N3O2S/c22-16-7-4-10-21(12-16)18(23)20-15-6-3-5-14(11-15)13-24-17-8-1-2-9-19-17/h1-3,5-6,8-9,11,16,22H,4,7,10,12-13H2,(H,20,23)/t16-/m1/s1. The van der Waals surface area contributed by atoms with Crippen LogP contribution in [0.5, 0.6) is 0 Å². The van der Waals surface area contributed by atoms with Gasteiger partial charge in [0.2, 0.25) is 0 Å². The van der Waals surface area contributed by atoms with E-state index in [2.05, 4.69) is 10.3 Å². The molecule has 0 bridgehead atoms. The molecule has 6 heteroatoms. The molecular formula is C18H21N3O2S. The Morgan fingerprint density at radius 1 is 1.33 bits per heavy atom. The number of hydrogen-bond donors (Lipinski definition) is 2. The second-order valence-electron chi connectivity index (χ2n) is 5.83. The third kappa shape index (κ3) is 4.72. The molecule has 0 saturated carbocycles. The van der Waals surface area contributed by atoms with Crippen LogP contribution in [0.4, 0.5) is 10.5 Å². The Morgan fingerprint density at radius 2 is 2.25 bits per heavy atom. The number of nitrogens with one attached hydrogen (secondary N) is 1. The molecular weight excluding hydrogens is 322 g/mol. The van der Waals surface area contributed by atoms with E-state index >= 15 is 0 Å². The number of piperidine rings is 1. The van der Waals surface area contributed by atoms with Gasteiger partial charge < -0.3 is 15.3 Å². The molecule has 5 nitrogen and oxygen atoms in total. The van der Waals surface area contributed by atoms with Crippen LogP contribution in [0, 0.1) is 0 Å². The predicted octanol–water partition coefficient (Wildman–Crippen LogP) is 3.36. The van der Waals surface area contributed by atoms with Crippen LogP contribution >= 0.6 is 11.8 Å². The van der Waals surface area contributed by atoms with E-state index < -0.39 is 6.10 Å². The van der Waals surface area contributed by atoms with Gasteiger partial charge in [0, 0.05) is 30.7 Å². The molecule has 1 saturated heterocycles. The first-order chi connectivity index (χ1) is 11.7. The fourth-order valence-electron chi connectivity index (χ4n) is 2.67. The largest absolute Gasteiger partial charge is 0.391 e. The van der Waals surface area contributed by atoms with Gasteiger partial charge in [-0.25, -0.2) is 9.78 Å². The Morgan fingerprint density at radius 3 is 3.04 bits per heavy atom. The van der Waals surface area contributed by atoms with Gasteiger partial charge in [-0.05, 0) is 42.7 Å². The van der Waals surface area contributed by atoms with Crippen LogP contribution in [0.3, 0.4) is 0 Å². The quantitative estimate of drug-likeness (QED) is 0.836. The maximum Gasteiger partial charge on any atom is 0.321 e. The van der Waals surface area contributed by atoms with Crippen LogP contribution in [-0.4, -0.2) is 40.2 Å². The highest BCUT2D eigenvalue weighted by molar-refractivity contribution is 7.98. The lowest BCUT2D eigenvalue weighted by molar-refractivity contribution is 0.0883. The van der Waals surface area contributed by atoms with Crippen LogP contribution < -0.4 is 5.32 Å². The second-order valence-corrected chi connectivity index (χ2v) is 6.82. The number of hydrogen-bond acceptors (Lipinski definition) is 4. The fourth-order valence-corrected chi connectivity index (χ4v) is 3.47. The van der Waals surface area contributed by atoms with Crippen molar-refractivity contribution in [3.63, 3.8) is 0 Å². The summed E-state index contributed by atoms with van der Waals surface area (Å²) in [6.07, 6.45) is 2.98. The Labute approximate surface area is 146 Å². The van der Waals surface area contributed by atoms with Gasteiger partial charge in [0.15, 0.2) is 0 Å². The molecule has 0 unspecified atom stereocenters. The Hall–Kier alpha value is -2.05. The van der Waals surface area contributed by atoms with Gasteiger partial charge in [0.05, 0.1) is 11.1 Å². The van der Waals surface area contributed by atoms with E-state index in [4.69, 9.17) is 0 Å². The molecule has 2 N–H and O–H groups in total. The normalized spacial score (nSPS) is 17.5. The number of nitrogens with zero attached hydrogens (tertiary/aromatic N) is 2. The first-order valence-corrected chi connectivity index (χ1v) is 9.06. The topological polar surface area (TPSA) is 65.5 Å². The monoisotopic (exact) mass is 343 g/mol. The molecule has 24 heavy (non-hydrogen) atoms. The van der Waals surface area contributed by atoms with E-state index in [1.807, 2.05) is 42.5 Å². The number of anilines is 1. The van der Waals surface area contributed by atoms with Gasteiger partial charge in [0.25, 0.3) is 0 Å². The molecule has 1 aromatic carbocycles. The fraction of sp³-hybridized carbons (Fsp3) is 0.333. The highest BCUT2D eigenvalue weighted by Crippen LogP contribution is 2.22. The number of aliphatic hydroxyl groups excluding tert-OH is 1. The SMILES string of the molecule is O=C(Nc1cccc(CSc2ccccn2)c1)N1CCC[C@@H](O)C1. The molecule has 1 aliphatic heterocycles. The zero-order valence-electron chi connectivity index (χ0n) is 13.4. The number of thioether (sulfide) groups is 1. The summed E-state index contributed by atoms with van der Waals surface area (Å²) < 4.78 is 0. The Balaban J connectivity index is 1.57. The number of aliphatic hydroxyl groups is 1. The molecule has 1 atom stereocenters. The third-order valence-electron chi connectivity index (χ3n) is 3.89. The van der Waals surface area contributed by atoms with Crippen LogP contribution in [0.25, 0.3) is 0 Å². The zero-order valence-corrected chi connectivity index (χ0v) is 14.2. The Bertz CT molecular complexity index is 681. The first kappa shape index (κ1) is 16.8. The number of benzene rings is 1. The maximum atomic E-state index is 12.3. The summed E-state index contributed by atoms with van der Waals surface area (Å²) in [5.74, 6) is 0.795. The van der Waals surface area contributed by atoms with Gasteiger partial charge >= 0.3 is 6.03 Å². The van der Waals surface area contributed by atoms with Crippen LogP contribution in [0.2, 0.25) is 0 Å². The van der Waals surface area contributed by atoms with Crippen molar-refractivity contribution in [3.8, 4) is 0 Å². The van der Waals surface area contributed by atoms with Crippen LogP contribution in [0.15, 0.2) is 53.7 Å². The minimum atomic E-state index is -0.411. The zero-order chi connectivity index (χ0) is 16.8. The summed E-state index contributed by atoms with van der Waals surface area (Å²) in [7, 11) is 0. The second kappa shape index (κ2) is 8.17. The third-order valence-corrected chi connectivity index (χ3v) is 4.90. The number of carbonyl (C=O) groups excluding carboxylic acids is 1. The van der Waals surface area contributed by atoms with Crippen molar-refractivity contribution < 1.29 is 9.90 Å². The number of amides is 2. The summed E-state index contributed by atoms with van der Waals surface area (Å²) in [5.41, 5.74) is 1.90. The van der Waals surface area contributed by atoms with Crippen molar-refractivity contribution in [2.45, 2.75) is 29.7 Å². The van der Waals surface area contributed by atoms with E-state index in [9.17, 15) is 9.90 Å². The molecule has 2 amide bonds. The summed E-state index contributed by atoms with van der Waals surface area (Å²) >= 11 is 1.66. The molecule has 0 radical (unpaired) electrons. The number of pyridine rings is 1. The molecule has 2 heterocycles. The van der Waals surface area contributed by atoms with E-state index in [-0.39, 0.29) is 6.03 Å². The number of β-amino-alcohol motifs (C(OH)–C–C–N with tert-alkyl or cyclic N) is 1. The van der Waals surface area contributed by atoms with Gasteiger partial charge in [0.1, 0.15) is 0 Å². The van der Waals surface area contributed by atoms with Crippen molar-refractivity contribution in [1.82, 2.24) is 9.88 Å². The lowest BCUT2D eigenvalue weighted by Crippen LogP contribution is -2.44. The smallest absolute Gasteiger partial charge is 0.321 e. The van der Waals surface area contributed by atoms with E-state index in [0.29, 0.717) is 13.1 Å². The van der Waals surface area contributed by atoms with Crippen molar-refractivity contribution >= 4 is 23.5 Å². The van der Waals surface area contributed by atoms with Crippen LogP contribution in [-0.2, 0) is 5.75 Å². The number of carbonyl (C=O) groups is 1. The molecule has 3 rings (SSSR count). The first-order valence-electron chi connectivity index (χ1n) is 8.07. The van der Waals surface area contributed by atoms with E-state index in [1.54, 1.807) is 22.9 Å². The highest BCUT2D eigenvalue weighted by Gasteiger charge is 2.21. The molecule has 0 aliphatic carbocycles. The van der Waals surface area contributed by atoms with Gasteiger partial charge in [-0.3, -0.25) is 0 Å². The molecule has 0 spiro atoms. The predicted molar refractivity (Wildman–Crippen MR) is 96.1 cm³/mol. The van der Waals surface area contributed by atoms with Crippen molar-refractivity contribution in [3.05, 3.63) is 54.2 Å². The number of urea groups is 1. The number of likely N-dealkylation sites (tertiary alicyclic amines) is 1. The Kier molecular flexibility index (Phi) is 5.72. The van der Waals surface area contributed by atoms with E-state index in [0.717, 1.165) is 34.9 Å². The minimum absolute atomic E-state index is 0.150. The van der Waals surface area contributed by atoms with Gasteiger partial charge in [-0.15, -0.1) is 11.8 Å². The maximum absolute atomic E-state index is 12.3. The van der Waals surface area contributed by atoms with Crippen molar-refractivity contribution in [2.24, 2.45) is 0 Å². The van der Waals surface area contributed by atoms with Gasteiger partial charge in [-0.2, -0.15) is 0 Å². The van der Waals surface area contributed by atoms with Crippen molar-refractivity contribution in [2.75, 3.05) is 18.4 Å². The summed E-state index contributed by atoms with van der Waals surface area (Å²) in [6, 6.07) is 13.5. The molecule has 1 fully saturated rings. The average molecular weight is 343 g/mol. The number of rotatable bonds is 4. The minimum Gasteiger partial charge on any atom is -0.391 e. The molecule has 1 aromatic heterocycles. The van der Waals surface area contributed by atoms with Crippen molar-refractivity contribution in [1.29, 1.82) is 0 Å². The average Bonchev–Trinajstić information content (AvgIpc) is 2.61. The highest BCUT2D eigenvalue weighted by atomic mass is 32.2. The summed E-state index contributed by atoms with van der Waals surface area (Å²) in [4.78, 5) is 18.3. The lowest BCUT2D eigenvalue weighted by atomic mass is 10.1.